The smallest absolute Gasteiger partial charge is 0.217 e. The highest BCUT2D eigenvalue weighted by Crippen LogP contribution is 2.17. The SMILES string of the molecule is c1ccc2oc(Cn3nnc4ccccc43)nc2c1. The molecule has 0 saturated carbocycles. The highest BCUT2D eigenvalue weighted by atomic mass is 16.3. The van der Waals surface area contributed by atoms with Crippen LogP contribution in [0.3, 0.4) is 0 Å². The van der Waals surface area contributed by atoms with Gasteiger partial charge in [0.15, 0.2) is 5.58 Å². The van der Waals surface area contributed by atoms with Crippen LogP contribution in [-0.4, -0.2) is 20.0 Å². The summed E-state index contributed by atoms with van der Waals surface area (Å²) in [6.07, 6.45) is 0. The Bertz CT molecular complexity index is 829. The van der Waals surface area contributed by atoms with E-state index in [1.165, 1.54) is 0 Å². The minimum atomic E-state index is 0.481. The topological polar surface area (TPSA) is 56.7 Å². The maximum absolute atomic E-state index is 5.69. The van der Waals surface area contributed by atoms with E-state index in [2.05, 4.69) is 15.3 Å². The van der Waals surface area contributed by atoms with Crippen molar-refractivity contribution in [3.63, 3.8) is 0 Å². The molecule has 5 nitrogen and oxygen atoms in total. The average molecular weight is 250 g/mol. The summed E-state index contributed by atoms with van der Waals surface area (Å²) in [5.41, 5.74) is 3.51. The van der Waals surface area contributed by atoms with Crippen LogP contribution >= 0.6 is 0 Å². The molecule has 92 valence electrons. The summed E-state index contributed by atoms with van der Waals surface area (Å²) in [5.74, 6) is 0.636. The van der Waals surface area contributed by atoms with Crippen molar-refractivity contribution >= 4 is 22.1 Å². The number of para-hydroxylation sites is 3. The third kappa shape index (κ3) is 1.67. The monoisotopic (exact) mass is 250 g/mol. The summed E-state index contributed by atoms with van der Waals surface area (Å²) < 4.78 is 7.48. The lowest BCUT2D eigenvalue weighted by molar-refractivity contribution is 0.491. The number of hydrogen-bond acceptors (Lipinski definition) is 4. The normalized spacial score (nSPS) is 11.4. The van der Waals surface area contributed by atoms with Gasteiger partial charge >= 0.3 is 0 Å². The Morgan fingerprint density at radius 1 is 0.947 bits per heavy atom. The predicted octanol–water partition coefficient (Wildman–Crippen LogP) is 2.62. The van der Waals surface area contributed by atoms with Crippen molar-refractivity contribution in [2.75, 3.05) is 0 Å². The molecule has 0 unspecified atom stereocenters. The second-order valence-corrected chi connectivity index (χ2v) is 4.31. The average Bonchev–Trinajstić information content (AvgIpc) is 3.03. The second kappa shape index (κ2) is 3.91. The first-order valence-electron chi connectivity index (χ1n) is 6.03. The van der Waals surface area contributed by atoms with Gasteiger partial charge in [0.05, 0.1) is 5.52 Å². The third-order valence-electron chi connectivity index (χ3n) is 3.04. The highest BCUT2D eigenvalue weighted by molar-refractivity contribution is 5.74. The number of aromatic nitrogens is 4. The molecule has 2 aromatic carbocycles. The van der Waals surface area contributed by atoms with Gasteiger partial charge in [0.1, 0.15) is 17.6 Å². The Morgan fingerprint density at radius 3 is 2.63 bits per heavy atom. The number of rotatable bonds is 2. The first kappa shape index (κ1) is 10.3. The van der Waals surface area contributed by atoms with E-state index in [9.17, 15) is 0 Å². The van der Waals surface area contributed by atoms with Crippen molar-refractivity contribution < 1.29 is 4.42 Å². The maximum Gasteiger partial charge on any atom is 0.217 e. The maximum atomic E-state index is 5.69. The number of hydrogen-bond donors (Lipinski definition) is 0. The van der Waals surface area contributed by atoms with Gasteiger partial charge in [0, 0.05) is 0 Å². The van der Waals surface area contributed by atoms with E-state index in [1.54, 1.807) is 4.68 Å². The first-order valence-corrected chi connectivity index (χ1v) is 6.03. The van der Waals surface area contributed by atoms with E-state index in [4.69, 9.17) is 4.42 Å². The minimum Gasteiger partial charge on any atom is -0.439 e. The van der Waals surface area contributed by atoms with Crippen molar-refractivity contribution in [3.05, 3.63) is 54.4 Å². The minimum absolute atomic E-state index is 0.481. The molecule has 0 amide bonds. The summed E-state index contributed by atoms with van der Waals surface area (Å²) in [5, 5.41) is 8.24. The molecule has 0 N–H and O–H groups in total. The number of benzene rings is 2. The van der Waals surface area contributed by atoms with Crippen LogP contribution in [0.1, 0.15) is 5.89 Å². The Balaban J connectivity index is 1.78. The fourth-order valence-corrected chi connectivity index (χ4v) is 2.15. The van der Waals surface area contributed by atoms with Crippen molar-refractivity contribution in [1.29, 1.82) is 0 Å². The number of fused-ring (bicyclic) bond motifs is 2. The summed E-state index contributed by atoms with van der Waals surface area (Å²) in [6.45, 7) is 0.481. The fourth-order valence-electron chi connectivity index (χ4n) is 2.15. The van der Waals surface area contributed by atoms with Crippen LogP contribution in [0, 0.1) is 0 Å². The first-order chi connectivity index (χ1) is 9.40. The van der Waals surface area contributed by atoms with E-state index < -0.39 is 0 Å². The van der Waals surface area contributed by atoms with Gasteiger partial charge in [-0.25, -0.2) is 9.67 Å². The van der Waals surface area contributed by atoms with E-state index >= 15 is 0 Å². The van der Waals surface area contributed by atoms with Crippen LogP contribution in [0.4, 0.5) is 0 Å². The standard InChI is InChI=1S/C14H10N4O/c1-3-7-12-10(5-1)16-17-18(12)9-14-15-11-6-2-4-8-13(11)19-14/h1-8H,9H2. The van der Waals surface area contributed by atoms with Crippen LogP contribution in [-0.2, 0) is 6.54 Å². The zero-order valence-electron chi connectivity index (χ0n) is 10.0. The predicted molar refractivity (Wildman–Crippen MR) is 70.6 cm³/mol. The molecule has 0 aliphatic heterocycles. The lowest BCUT2D eigenvalue weighted by Crippen LogP contribution is -2.01. The molecular weight excluding hydrogens is 240 g/mol. The van der Waals surface area contributed by atoms with Crippen molar-refractivity contribution in [2.24, 2.45) is 0 Å². The van der Waals surface area contributed by atoms with E-state index in [0.717, 1.165) is 22.1 Å². The van der Waals surface area contributed by atoms with Crippen LogP contribution in [0.25, 0.3) is 22.1 Å². The molecule has 4 rings (SSSR count). The molecule has 0 spiro atoms. The van der Waals surface area contributed by atoms with Gasteiger partial charge in [-0.3, -0.25) is 0 Å². The largest absolute Gasteiger partial charge is 0.439 e. The summed E-state index contributed by atoms with van der Waals surface area (Å²) >= 11 is 0. The van der Waals surface area contributed by atoms with Crippen molar-refractivity contribution in [2.45, 2.75) is 6.54 Å². The number of oxazole rings is 1. The van der Waals surface area contributed by atoms with Gasteiger partial charge in [-0.15, -0.1) is 5.10 Å². The second-order valence-electron chi connectivity index (χ2n) is 4.31. The molecule has 2 heterocycles. The molecule has 2 aromatic heterocycles. The van der Waals surface area contributed by atoms with Crippen LogP contribution in [0.5, 0.6) is 0 Å². The van der Waals surface area contributed by atoms with E-state index in [0.29, 0.717) is 12.4 Å². The van der Waals surface area contributed by atoms with E-state index in [-0.39, 0.29) is 0 Å². The van der Waals surface area contributed by atoms with Gasteiger partial charge in [0.25, 0.3) is 0 Å². The van der Waals surface area contributed by atoms with Gasteiger partial charge < -0.3 is 4.42 Å². The Labute approximate surface area is 108 Å². The zero-order chi connectivity index (χ0) is 12.7. The quantitative estimate of drug-likeness (QED) is 0.548. The Kier molecular flexibility index (Phi) is 2.11. The molecule has 4 aromatic rings. The van der Waals surface area contributed by atoms with Gasteiger partial charge in [-0.2, -0.15) is 0 Å². The molecule has 5 heteroatoms. The fraction of sp³-hybridized carbons (Fsp3) is 0.0714. The number of nitrogens with zero attached hydrogens (tertiary/aromatic N) is 4. The van der Waals surface area contributed by atoms with Crippen molar-refractivity contribution in [1.82, 2.24) is 20.0 Å². The van der Waals surface area contributed by atoms with E-state index in [1.807, 2.05) is 48.5 Å². The molecule has 0 atom stereocenters. The summed E-state index contributed by atoms with van der Waals surface area (Å²) in [6, 6.07) is 15.5. The molecule has 0 aliphatic rings. The highest BCUT2D eigenvalue weighted by Gasteiger charge is 2.09. The molecular formula is C14H10N4O. The van der Waals surface area contributed by atoms with Crippen molar-refractivity contribution in [3.8, 4) is 0 Å². The molecule has 19 heavy (non-hydrogen) atoms. The molecule has 0 radical (unpaired) electrons. The van der Waals surface area contributed by atoms with Crippen LogP contribution < -0.4 is 0 Å². The zero-order valence-corrected chi connectivity index (χ0v) is 10.0. The van der Waals surface area contributed by atoms with Gasteiger partial charge in [-0.05, 0) is 24.3 Å². The Hall–Kier alpha value is -2.69. The van der Waals surface area contributed by atoms with Crippen LogP contribution in [0.15, 0.2) is 52.9 Å². The Morgan fingerprint density at radius 2 is 1.74 bits per heavy atom. The summed E-state index contributed by atoms with van der Waals surface area (Å²) in [7, 11) is 0. The van der Waals surface area contributed by atoms with Gasteiger partial charge in [-0.1, -0.05) is 29.5 Å². The molecule has 0 fully saturated rings. The third-order valence-corrected chi connectivity index (χ3v) is 3.04. The van der Waals surface area contributed by atoms with Gasteiger partial charge in [0.2, 0.25) is 5.89 Å². The summed E-state index contributed by atoms with van der Waals surface area (Å²) in [4.78, 5) is 4.44. The van der Waals surface area contributed by atoms with Crippen LogP contribution in [0.2, 0.25) is 0 Å². The molecule has 0 aliphatic carbocycles. The molecule has 0 bridgehead atoms. The molecule has 0 saturated heterocycles. The lowest BCUT2D eigenvalue weighted by Gasteiger charge is -1.97. The lowest BCUT2D eigenvalue weighted by atomic mass is 10.3.